The molecule has 1 aromatic heterocycles. The molecular formula is C16H16BrClN2O. The minimum absolute atomic E-state index is 0.483. The largest absolute Gasteiger partial charge is 0.497 e. The van der Waals surface area contributed by atoms with Gasteiger partial charge in [-0.1, -0.05) is 24.4 Å². The summed E-state index contributed by atoms with van der Waals surface area (Å²) in [6.45, 7) is 0. The Labute approximate surface area is 137 Å². The van der Waals surface area contributed by atoms with Gasteiger partial charge in [-0.25, -0.2) is 9.97 Å². The van der Waals surface area contributed by atoms with Crippen LogP contribution >= 0.6 is 27.5 Å². The average molecular weight is 368 g/mol. The van der Waals surface area contributed by atoms with Gasteiger partial charge in [0.2, 0.25) is 0 Å². The second-order valence-electron chi connectivity index (χ2n) is 5.25. The predicted molar refractivity (Wildman–Crippen MR) is 87.9 cm³/mol. The third kappa shape index (κ3) is 3.06. The number of aromatic nitrogens is 2. The second kappa shape index (κ2) is 6.32. The Balaban J connectivity index is 2.01. The van der Waals surface area contributed by atoms with E-state index in [1.807, 2.05) is 24.3 Å². The zero-order chi connectivity index (χ0) is 14.8. The van der Waals surface area contributed by atoms with Crippen LogP contribution in [0.25, 0.3) is 11.4 Å². The molecule has 0 bridgehead atoms. The van der Waals surface area contributed by atoms with Crippen LogP contribution in [0.15, 0.2) is 28.7 Å². The Morgan fingerprint density at radius 2 is 1.81 bits per heavy atom. The first kappa shape index (κ1) is 14.8. The molecule has 1 saturated carbocycles. The number of methoxy groups -OCH3 is 1. The van der Waals surface area contributed by atoms with E-state index in [9.17, 15) is 0 Å². The highest BCUT2D eigenvalue weighted by molar-refractivity contribution is 9.10. The number of ether oxygens (including phenoxy) is 1. The Bertz CT molecular complexity index is 639. The molecule has 0 aliphatic heterocycles. The summed E-state index contributed by atoms with van der Waals surface area (Å²) in [5.74, 6) is 1.97. The second-order valence-corrected chi connectivity index (χ2v) is 6.40. The number of halogens is 2. The van der Waals surface area contributed by atoms with Crippen LogP contribution in [0, 0.1) is 0 Å². The van der Waals surface area contributed by atoms with E-state index in [1.165, 1.54) is 25.7 Å². The molecule has 3 nitrogen and oxygen atoms in total. The number of benzene rings is 1. The molecule has 2 aromatic rings. The normalized spacial score (nSPS) is 15.4. The highest BCUT2D eigenvalue weighted by Gasteiger charge is 2.23. The lowest BCUT2D eigenvalue weighted by Gasteiger charge is -2.13. The van der Waals surface area contributed by atoms with Crippen molar-refractivity contribution in [3.8, 4) is 17.1 Å². The van der Waals surface area contributed by atoms with Crippen LogP contribution in [0.1, 0.15) is 37.3 Å². The van der Waals surface area contributed by atoms with Crippen molar-refractivity contribution in [3.05, 3.63) is 39.6 Å². The molecule has 5 heteroatoms. The van der Waals surface area contributed by atoms with Gasteiger partial charge in [-0.2, -0.15) is 0 Å². The minimum atomic E-state index is 0.483. The first-order valence-electron chi connectivity index (χ1n) is 7.06. The highest BCUT2D eigenvalue weighted by atomic mass is 79.9. The Morgan fingerprint density at radius 1 is 1.14 bits per heavy atom. The Kier molecular flexibility index (Phi) is 4.45. The molecular weight excluding hydrogens is 352 g/mol. The molecule has 0 unspecified atom stereocenters. The standard InChI is InChI=1S/C16H16BrClN2O/c1-21-12-8-6-11(7-9-12)16-19-14(10-4-2-3-5-10)13(17)15(18)20-16/h6-10H,2-5H2,1H3. The molecule has 0 spiro atoms. The maximum atomic E-state index is 6.28. The van der Waals surface area contributed by atoms with Gasteiger partial charge in [0, 0.05) is 11.5 Å². The Morgan fingerprint density at radius 3 is 2.43 bits per heavy atom. The number of hydrogen-bond acceptors (Lipinski definition) is 3. The van der Waals surface area contributed by atoms with E-state index in [0.29, 0.717) is 16.9 Å². The lowest BCUT2D eigenvalue weighted by Crippen LogP contribution is -2.02. The summed E-state index contributed by atoms with van der Waals surface area (Å²) in [7, 11) is 1.65. The molecule has 110 valence electrons. The maximum Gasteiger partial charge on any atom is 0.161 e. The van der Waals surface area contributed by atoms with Gasteiger partial charge in [-0.3, -0.25) is 0 Å². The Hall–Kier alpha value is -1.13. The van der Waals surface area contributed by atoms with E-state index in [4.69, 9.17) is 21.3 Å². The molecule has 3 rings (SSSR count). The fourth-order valence-electron chi connectivity index (χ4n) is 2.77. The van der Waals surface area contributed by atoms with Gasteiger partial charge in [-0.05, 0) is 53.0 Å². The lowest BCUT2D eigenvalue weighted by atomic mass is 10.0. The molecule has 1 fully saturated rings. The predicted octanol–water partition coefficient (Wildman–Crippen LogP) is 5.23. The monoisotopic (exact) mass is 366 g/mol. The molecule has 0 saturated heterocycles. The van der Waals surface area contributed by atoms with Gasteiger partial charge < -0.3 is 4.74 Å². The summed E-state index contributed by atoms with van der Waals surface area (Å²) in [6.07, 6.45) is 4.87. The van der Waals surface area contributed by atoms with Gasteiger partial charge in [0.05, 0.1) is 17.3 Å². The van der Waals surface area contributed by atoms with Crippen molar-refractivity contribution in [2.45, 2.75) is 31.6 Å². The molecule has 0 N–H and O–H groups in total. The first-order valence-corrected chi connectivity index (χ1v) is 8.23. The molecule has 0 amide bonds. The van der Waals surface area contributed by atoms with Crippen molar-refractivity contribution in [1.82, 2.24) is 9.97 Å². The van der Waals surface area contributed by atoms with Crippen LogP contribution in [0.3, 0.4) is 0 Å². The molecule has 1 aliphatic carbocycles. The molecule has 0 atom stereocenters. The number of rotatable bonds is 3. The average Bonchev–Trinajstić information content (AvgIpc) is 3.04. The first-order chi connectivity index (χ1) is 10.2. The van der Waals surface area contributed by atoms with Crippen molar-refractivity contribution < 1.29 is 4.74 Å². The number of hydrogen-bond donors (Lipinski definition) is 0. The summed E-state index contributed by atoms with van der Waals surface area (Å²) in [6, 6.07) is 7.72. The van der Waals surface area contributed by atoms with Gasteiger partial charge in [0.15, 0.2) is 5.82 Å². The van der Waals surface area contributed by atoms with Gasteiger partial charge in [0.1, 0.15) is 10.9 Å². The van der Waals surface area contributed by atoms with Gasteiger partial charge in [-0.15, -0.1) is 0 Å². The van der Waals surface area contributed by atoms with Crippen molar-refractivity contribution in [3.63, 3.8) is 0 Å². The molecule has 0 radical (unpaired) electrons. The van der Waals surface area contributed by atoms with Crippen LogP contribution in [0.2, 0.25) is 5.15 Å². The minimum Gasteiger partial charge on any atom is -0.497 e. The fraction of sp³-hybridized carbons (Fsp3) is 0.375. The maximum absolute atomic E-state index is 6.28. The summed E-state index contributed by atoms with van der Waals surface area (Å²) < 4.78 is 6.02. The van der Waals surface area contributed by atoms with Crippen LogP contribution < -0.4 is 4.74 Å². The van der Waals surface area contributed by atoms with Crippen molar-refractivity contribution in [1.29, 1.82) is 0 Å². The third-order valence-electron chi connectivity index (χ3n) is 3.93. The van der Waals surface area contributed by atoms with Crippen molar-refractivity contribution >= 4 is 27.5 Å². The molecule has 1 heterocycles. The molecule has 1 aromatic carbocycles. The molecule has 21 heavy (non-hydrogen) atoms. The summed E-state index contributed by atoms with van der Waals surface area (Å²) in [5.41, 5.74) is 1.99. The SMILES string of the molecule is COc1ccc(-c2nc(Cl)c(Br)c(C3CCCC3)n2)cc1. The topological polar surface area (TPSA) is 35.0 Å². The van der Waals surface area contributed by atoms with E-state index >= 15 is 0 Å². The fourth-order valence-corrected chi connectivity index (χ4v) is 3.45. The number of nitrogens with zero attached hydrogens (tertiary/aromatic N) is 2. The van der Waals surface area contributed by atoms with E-state index in [1.54, 1.807) is 7.11 Å². The highest BCUT2D eigenvalue weighted by Crippen LogP contribution is 2.39. The van der Waals surface area contributed by atoms with Gasteiger partial charge in [0.25, 0.3) is 0 Å². The van der Waals surface area contributed by atoms with E-state index in [-0.39, 0.29) is 0 Å². The van der Waals surface area contributed by atoms with Crippen LogP contribution in [0.4, 0.5) is 0 Å². The smallest absolute Gasteiger partial charge is 0.161 e. The van der Waals surface area contributed by atoms with Crippen LogP contribution in [0.5, 0.6) is 5.75 Å². The van der Waals surface area contributed by atoms with Crippen LogP contribution in [-0.4, -0.2) is 17.1 Å². The summed E-state index contributed by atoms with van der Waals surface area (Å²) in [4.78, 5) is 9.15. The van der Waals surface area contributed by atoms with E-state index in [0.717, 1.165) is 21.5 Å². The quantitative estimate of drug-likeness (QED) is 0.697. The van der Waals surface area contributed by atoms with E-state index in [2.05, 4.69) is 20.9 Å². The van der Waals surface area contributed by atoms with E-state index < -0.39 is 0 Å². The molecule has 1 aliphatic rings. The summed E-state index contributed by atoms with van der Waals surface area (Å²) in [5, 5.41) is 0.484. The van der Waals surface area contributed by atoms with Gasteiger partial charge >= 0.3 is 0 Å². The lowest BCUT2D eigenvalue weighted by molar-refractivity contribution is 0.415. The summed E-state index contributed by atoms with van der Waals surface area (Å²) >= 11 is 9.83. The zero-order valence-corrected chi connectivity index (χ0v) is 14.1. The van der Waals surface area contributed by atoms with Crippen molar-refractivity contribution in [2.24, 2.45) is 0 Å². The van der Waals surface area contributed by atoms with Crippen LogP contribution in [-0.2, 0) is 0 Å². The van der Waals surface area contributed by atoms with Crippen molar-refractivity contribution in [2.75, 3.05) is 7.11 Å². The zero-order valence-electron chi connectivity index (χ0n) is 11.8. The third-order valence-corrected chi connectivity index (χ3v) is 5.21.